The molecule has 2 heterocycles. The molecule has 1 atom stereocenters. The lowest BCUT2D eigenvalue weighted by Gasteiger charge is -2.17. The standard InChI is InChI=1S/C18H12ClF2N3O2/c19-14-8-13(21)5-6-15(14)24-9-11(7-16(24)25)18-22-17(23-26-18)10-1-3-12(20)4-2-10/h1-6,8,11H,7,9H2. The highest BCUT2D eigenvalue weighted by Crippen LogP contribution is 2.35. The van der Waals surface area contributed by atoms with E-state index >= 15 is 0 Å². The Morgan fingerprint density at radius 3 is 2.58 bits per heavy atom. The molecule has 0 spiro atoms. The lowest BCUT2D eigenvalue weighted by atomic mass is 10.1. The van der Waals surface area contributed by atoms with Crippen LogP contribution in [0.3, 0.4) is 0 Å². The number of hydrogen-bond acceptors (Lipinski definition) is 4. The maximum absolute atomic E-state index is 13.2. The van der Waals surface area contributed by atoms with Crippen molar-refractivity contribution in [2.45, 2.75) is 12.3 Å². The molecule has 0 N–H and O–H groups in total. The summed E-state index contributed by atoms with van der Waals surface area (Å²) in [5.41, 5.74) is 1.06. The SMILES string of the molecule is O=C1CC(c2nc(-c3ccc(F)cc3)no2)CN1c1ccc(F)cc1Cl. The van der Waals surface area contributed by atoms with E-state index in [1.54, 1.807) is 12.1 Å². The third-order valence-electron chi connectivity index (χ3n) is 4.22. The Morgan fingerprint density at radius 1 is 1.12 bits per heavy atom. The van der Waals surface area contributed by atoms with Crippen molar-refractivity contribution in [2.24, 2.45) is 0 Å². The van der Waals surface area contributed by atoms with Gasteiger partial charge in [0.15, 0.2) is 0 Å². The van der Waals surface area contributed by atoms with Crippen molar-refractivity contribution in [1.29, 1.82) is 0 Å². The van der Waals surface area contributed by atoms with E-state index in [9.17, 15) is 13.6 Å². The molecule has 5 nitrogen and oxygen atoms in total. The van der Waals surface area contributed by atoms with Crippen molar-refractivity contribution in [2.75, 3.05) is 11.4 Å². The molecule has 26 heavy (non-hydrogen) atoms. The predicted octanol–water partition coefficient (Wildman–Crippen LogP) is 4.19. The van der Waals surface area contributed by atoms with Crippen LogP contribution in [0, 0.1) is 11.6 Å². The number of anilines is 1. The number of amides is 1. The Bertz CT molecular complexity index is 975. The largest absolute Gasteiger partial charge is 0.339 e. The number of benzene rings is 2. The second-order valence-corrected chi connectivity index (χ2v) is 6.37. The van der Waals surface area contributed by atoms with Crippen molar-refractivity contribution in [3.63, 3.8) is 0 Å². The summed E-state index contributed by atoms with van der Waals surface area (Å²) in [5.74, 6) is -0.645. The van der Waals surface area contributed by atoms with Gasteiger partial charge in [-0.05, 0) is 42.5 Å². The van der Waals surface area contributed by atoms with Crippen molar-refractivity contribution >= 4 is 23.2 Å². The van der Waals surface area contributed by atoms with Crippen LogP contribution in [0.2, 0.25) is 5.02 Å². The summed E-state index contributed by atoms with van der Waals surface area (Å²) in [5, 5.41) is 4.06. The first-order chi connectivity index (χ1) is 12.5. The highest BCUT2D eigenvalue weighted by Gasteiger charge is 2.36. The Hall–Kier alpha value is -2.80. The summed E-state index contributed by atoms with van der Waals surface area (Å²) in [6.07, 6.45) is 0.179. The van der Waals surface area contributed by atoms with Crippen LogP contribution in [0.5, 0.6) is 0 Å². The van der Waals surface area contributed by atoms with Crippen molar-refractivity contribution < 1.29 is 18.1 Å². The number of aromatic nitrogens is 2. The van der Waals surface area contributed by atoms with Gasteiger partial charge in [0.05, 0.1) is 16.6 Å². The molecule has 0 aliphatic carbocycles. The molecule has 1 unspecified atom stereocenters. The van der Waals surface area contributed by atoms with Crippen LogP contribution in [-0.2, 0) is 4.79 Å². The topological polar surface area (TPSA) is 59.2 Å². The molecule has 3 aromatic rings. The molecule has 1 aliphatic heterocycles. The van der Waals surface area contributed by atoms with Gasteiger partial charge in [-0.2, -0.15) is 4.98 Å². The van der Waals surface area contributed by atoms with Crippen molar-refractivity contribution in [1.82, 2.24) is 10.1 Å². The number of halogens is 3. The molecule has 1 amide bonds. The minimum absolute atomic E-state index is 0.162. The zero-order valence-corrected chi connectivity index (χ0v) is 14.1. The summed E-state index contributed by atoms with van der Waals surface area (Å²) in [6, 6.07) is 9.60. The van der Waals surface area contributed by atoms with Gasteiger partial charge in [0.25, 0.3) is 0 Å². The lowest BCUT2D eigenvalue weighted by molar-refractivity contribution is -0.117. The maximum Gasteiger partial charge on any atom is 0.232 e. The molecular weight excluding hydrogens is 364 g/mol. The van der Waals surface area contributed by atoms with E-state index < -0.39 is 5.82 Å². The van der Waals surface area contributed by atoms with E-state index in [0.29, 0.717) is 29.5 Å². The second-order valence-electron chi connectivity index (χ2n) is 5.96. The first-order valence-electron chi connectivity index (χ1n) is 7.86. The van der Waals surface area contributed by atoms with Crippen LogP contribution in [0.25, 0.3) is 11.4 Å². The summed E-state index contributed by atoms with van der Waals surface area (Å²) in [7, 11) is 0. The average molecular weight is 376 g/mol. The van der Waals surface area contributed by atoms with Gasteiger partial charge >= 0.3 is 0 Å². The highest BCUT2D eigenvalue weighted by molar-refractivity contribution is 6.33. The third kappa shape index (κ3) is 3.06. The highest BCUT2D eigenvalue weighted by atomic mass is 35.5. The summed E-state index contributed by atoms with van der Waals surface area (Å²) in [4.78, 5) is 18.2. The zero-order chi connectivity index (χ0) is 18.3. The first-order valence-corrected chi connectivity index (χ1v) is 8.24. The second kappa shape index (κ2) is 6.49. The number of nitrogens with zero attached hydrogens (tertiary/aromatic N) is 3. The van der Waals surface area contributed by atoms with Crippen LogP contribution >= 0.6 is 11.6 Å². The molecule has 0 saturated carbocycles. The van der Waals surface area contributed by atoms with Crippen molar-refractivity contribution in [3.8, 4) is 11.4 Å². The molecule has 4 rings (SSSR count). The number of carbonyl (C=O) groups excluding carboxylic acids is 1. The number of carbonyl (C=O) groups is 1. The maximum atomic E-state index is 13.2. The van der Waals surface area contributed by atoms with Gasteiger partial charge in [0.1, 0.15) is 11.6 Å². The molecule has 1 aliphatic rings. The molecular formula is C18H12ClF2N3O2. The van der Waals surface area contributed by atoms with E-state index in [1.807, 2.05) is 0 Å². The number of hydrogen-bond donors (Lipinski definition) is 0. The predicted molar refractivity (Wildman–Crippen MR) is 90.8 cm³/mol. The Morgan fingerprint density at radius 2 is 1.85 bits per heavy atom. The van der Waals surface area contributed by atoms with E-state index in [1.165, 1.54) is 29.2 Å². The molecule has 1 saturated heterocycles. The zero-order valence-electron chi connectivity index (χ0n) is 13.3. The van der Waals surface area contributed by atoms with E-state index in [4.69, 9.17) is 16.1 Å². The molecule has 132 valence electrons. The minimum Gasteiger partial charge on any atom is -0.339 e. The average Bonchev–Trinajstić information content (AvgIpc) is 3.23. The minimum atomic E-state index is -0.470. The van der Waals surface area contributed by atoms with Gasteiger partial charge in [-0.15, -0.1) is 0 Å². The fraction of sp³-hybridized carbons (Fsp3) is 0.167. The van der Waals surface area contributed by atoms with Gasteiger partial charge in [-0.3, -0.25) is 4.79 Å². The molecule has 2 aromatic carbocycles. The van der Waals surface area contributed by atoms with Gasteiger partial charge in [-0.25, -0.2) is 8.78 Å². The summed E-state index contributed by atoms with van der Waals surface area (Å²) < 4.78 is 31.5. The lowest BCUT2D eigenvalue weighted by Crippen LogP contribution is -2.24. The number of rotatable bonds is 3. The van der Waals surface area contributed by atoms with E-state index in [2.05, 4.69) is 10.1 Å². The Kier molecular flexibility index (Phi) is 4.16. The molecule has 0 bridgehead atoms. The Balaban J connectivity index is 1.56. The summed E-state index contributed by atoms with van der Waals surface area (Å²) in [6.45, 7) is 0.301. The van der Waals surface area contributed by atoms with Gasteiger partial charge < -0.3 is 9.42 Å². The van der Waals surface area contributed by atoms with E-state index in [-0.39, 0.29) is 29.1 Å². The van der Waals surface area contributed by atoms with Crippen LogP contribution < -0.4 is 4.90 Å². The summed E-state index contributed by atoms with van der Waals surface area (Å²) >= 11 is 6.05. The van der Waals surface area contributed by atoms with Crippen LogP contribution in [-0.4, -0.2) is 22.6 Å². The van der Waals surface area contributed by atoms with Gasteiger partial charge in [0.2, 0.25) is 17.6 Å². The Labute approximate surface area is 152 Å². The normalized spacial score (nSPS) is 17.1. The van der Waals surface area contributed by atoms with E-state index in [0.717, 1.165) is 6.07 Å². The van der Waals surface area contributed by atoms with Crippen LogP contribution in [0.1, 0.15) is 18.2 Å². The van der Waals surface area contributed by atoms with Crippen LogP contribution in [0.15, 0.2) is 47.0 Å². The van der Waals surface area contributed by atoms with Crippen molar-refractivity contribution in [3.05, 3.63) is 65.0 Å². The fourth-order valence-electron chi connectivity index (χ4n) is 2.92. The molecule has 1 fully saturated rings. The molecule has 8 heteroatoms. The van der Waals surface area contributed by atoms with Gasteiger partial charge in [-0.1, -0.05) is 16.8 Å². The van der Waals surface area contributed by atoms with Gasteiger partial charge in [0, 0.05) is 18.5 Å². The monoisotopic (exact) mass is 375 g/mol. The first kappa shape index (κ1) is 16.7. The molecule has 0 radical (unpaired) electrons. The fourth-order valence-corrected chi connectivity index (χ4v) is 3.19. The molecule has 1 aromatic heterocycles. The van der Waals surface area contributed by atoms with Crippen LogP contribution in [0.4, 0.5) is 14.5 Å². The quantitative estimate of drug-likeness (QED) is 0.688. The third-order valence-corrected chi connectivity index (χ3v) is 4.52. The smallest absolute Gasteiger partial charge is 0.232 e.